The van der Waals surface area contributed by atoms with Gasteiger partial charge in [0.05, 0.1) is 22.3 Å². The Morgan fingerprint density at radius 3 is 2.54 bits per heavy atom. The quantitative estimate of drug-likeness (QED) is 0.216. The highest BCUT2D eigenvalue weighted by Gasteiger charge is 2.36. The van der Waals surface area contributed by atoms with Gasteiger partial charge >= 0.3 is 12.1 Å². The lowest BCUT2D eigenvalue weighted by molar-refractivity contribution is -0.0367. The van der Waals surface area contributed by atoms with Gasteiger partial charge in [0.2, 0.25) is 0 Å². The molecule has 4 aliphatic rings. The van der Waals surface area contributed by atoms with E-state index in [1.54, 1.807) is 20.7 Å². The predicted molar refractivity (Wildman–Crippen MR) is 202 cm³/mol. The molecule has 1 unspecified atom stereocenters. The Kier molecular flexibility index (Phi) is 9.86. The summed E-state index contributed by atoms with van der Waals surface area (Å²) >= 11 is 6.65. The molecule has 286 valence electrons. The van der Waals surface area contributed by atoms with Crippen LogP contribution in [0.3, 0.4) is 0 Å². The van der Waals surface area contributed by atoms with E-state index in [4.69, 9.17) is 35.8 Å². The van der Waals surface area contributed by atoms with Crippen LogP contribution in [0.25, 0.3) is 10.9 Å². The van der Waals surface area contributed by atoms with Crippen molar-refractivity contribution in [2.75, 3.05) is 62.7 Å². The van der Waals surface area contributed by atoms with Gasteiger partial charge < -0.3 is 28.9 Å². The summed E-state index contributed by atoms with van der Waals surface area (Å²) in [5, 5.41) is 4.72. The predicted octanol–water partition coefficient (Wildman–Crippen LogP) is 6.75. The number of carbonyl (C=O) groups is 2. The second-order valence-electron chi connectivity index (χ2n) is 15.5. The molecule has 2 amide bonds. The van der Waals surface area contributed by atoms with Gasteiger partial charge in [-0.05, 0) is 78.0 Å². The summed E-state index contributed by atoms with van der Waals surface area (Å²) in [6.45, 7) is 10.00. The number of halogens is 2. The summed E-state index contributed by atoms with van der Waals surface area (Å²) in [5.74, 6) is 0.500. The Morgan fingerprint density at radius 2 is 1.78 bits per heavy atom. The van der Waals surface area contributed by atoms with Crippen molar-refractivity contribution in [3.8, 4) is 11.8 Å². The van der Waals surface area contributed by atoms with Crippen LogP contribution < -0.4 is 14.5 Å². The molecule has 0 aliphatic carbocycles. The third-order valence-corrected chi connectivity index (χ3v) is 10.9. The minimum absolute atomic E-state index is 0.0245. The molecule has 0 saturated carbocycles. The number of anilines is 2. The second-order valence-corrected chi connectivity index (χ2v) is 15.9. The maximum Gasteiger partial charge on any atom is 0.410 e. The third kappa shape index (κ3) is 7.06. The third-order valence-electron chi connectivity index (χ3n) is 10.5. The fourth-order valence-corrected chi connectivity index (χ4v) is 8.11. The summed E-state index contributed by atoms with van der Waals surface area (Å²) in [5.41, 5.74) is 2.92. The van der Waals surface area contributed by atoms with E-state index in [1.807, 2.05) is 32.9 Å². The molecule has 15 heteroatoms. The molecule has 6 heterocycles. The number of fused-ring (bicyclic) bond motifs is 3. The Balaban J connectivity index is 1.18. The number of likely N-dealkylation sites (N-methyl/N-ethyl adjacent to an activating group) is 1. The van der Waals surface area contributed by atoms with E-state index >= 15 is 4.39 Å². The molecule has 0 spiro atoms. The van der Waals surface area contributed by atoms with Crippen LogP contribution in [0, 0.1) is 5.82 Å². The van der Waals surface area contributed by atoms with Crippen molar-refractivity contribution in [3.05, 3.63) is 63.6 Å². The van der Waals surface area contributed by atoms with Gasteiger partial charge in [0.25, 0.3) is 5.91 Å². The van der Waals surface area contributed by atoms with Crippen LogP contribution in [0.5, 0.6) is 11.8 Å². The van der Waals surface area contributed by atoms with Gasteiger partial charge in [-0.2, -0.15) is 15.1 Å². The van der Waals surface area contributed by atoms with Crippen molar-refractivity contribution in [3.63, 3.8) is 0 Å². The van der Waals surface area contributed by atoms with E-state index in [0.717, 1.165) is 49.9 Å². The van der Waals surface area contributed by atoms with Crippen LogP contribution >= 0.6 is 11.6 Å². The molecule has 0 radical (unpaired) electrons. The smallest absolute Gasteiger partial charge is 0.410 e. The standard InChI is InChI=1S/C39H46ClFN8O5/c1-39(2,3)54-38(51)47-18-16-46(17-19-47)34-26-10-8-14-48(35(26)44-37(43-34)53-30-11-7-9-24-23-45(4)15-13-25(24)30)36(50)32-27-22-42-49(31-12-5-6-20-52-31)29(27)21-28(41)33(32)40/h7,9,11,21-22,31H,5-6,8,10,12-20,23H2,1-4H3. The maximum absolute atomic E-state index is 15.6. The lowest BCUT2D eigenvalue weighted by atomic mass is 9.99. The fraction of sp³-hybridized carbons (Fsp3) is 0.513. The van der Waals surface area contributed by atoms with Gasteiger partial charge in [-0.25, -0.2) is 13.9 Å². The first-order valence-electron chi connectivity index (χ1n) is 18.8. The van der Waals surface area contributed by atoms with Gasteiger partial charge in [-0.3, -0.25) is 9.69 Å². The Bertz CT molecular complexity index is 2090. The minimum Gasteiger partial charge on any atom is -0.444 e. The van der Waals surface area contributed by atoms with E-state index in [2.05, 4.69) is 28.0 Å². The van der Waals surface area contributed by atoms with Crippen molar-refractivity contribution in [1.29, 1.82) is 0 Å². The SMILES string of the molecule is CN1CCc2c(cccc2Oc2nc(N3CCN(C(=O)OC(C)(C)C)CC3)c3c(n2)N(C(=O)c2c(Cl)c(F)cc4c2cnn4C2CCCCO2)CCC3)C1. The molecule has 0 N–H and O–H groups in total. The summed E-state index contributed by atoms with van der Waals surface area (Å²) in [6, 6.07) is 7.42. The number of hydrogen-bond donors (Lipinski definition) is 0. The van der Waals surface area contributed by atoms with Gasteiger partial charge in [-0.1, -0.05) is 23.7 Å². The first-order valence-corrected chi connectivity index (χ1v) is 19.2. The van der Waals surface area contributed by atoms with Crippen LogP contribution in [0.2, 0.25) is 5.02 Å². The first kappa shape index (κ1) is 36.4. The molecule has 13 nitrogen and oxygen atoms in total. The number of piperazine rings is 1. The first-order chi connectivity index (χ1) is 25.9. The van der Waals surface area contributed by atoms with Crippen molar-refractivity contribution >= 4 is 46.1 Å². The molecule has 1 atom stereocenters. The molecule has 4 aromatic rings. The lowest BCUT2D eigenvalue weighted by Gasteiger charge is -2.38. The zero-order valence-electron chi connectivity index (χ0n) is 31.2. The van der Waals surface area contributed by atoms with E-state index in [1.165, 1.54) is 11.6 Å². The average Bonchev–Trinajstić information content (AvgIpc) is 3.57. The van der Waals surface area contributed by atoms with E-state index in [0.29, 0.717) is 80.5 Å². The highest BCUT2D eigenvalue weighted by atomic mass is 35.5. The molecule has 2 aromatic heterocycles. The number of hydrogen-bond acceptors (Lipinski definition) is 10. The van der Waals surface area contributed by atoms with Crippen LogP contribution in [-0.2, 0) is 28.9 Å². The number of amides is 2. The lowest BCUT2D eigenvalue weighted by Crippen LogP contribution is -2.50. The molecule has 54 heavy (non-hydrogen) atoms. The topological polar surface area (TPSA) is 118 Å². The summed E-state index contributed by atoms with van der Waals surface area (Å²) in [6.07, 6.45) is 5.54. The average molecular weight is 761 g/mol. The van der Waals surface area contributed by atoms with Crippen molar-refractivity contribution in [1.82, 2.24) is 29.5 Å². The minimum atomic E-state index is -0.711. The molecular formula is C39H46ClFN8O5. The fourth-order valence-electron chi connectivity index (χ4n) is 7.87. The van der Waals surface area contributed by atoms with Gasteiger partial charge in [0.15, 0.2) is 6.23 Å². The van der Waals surface area contributed by atoms with Gasteiger partial charge in [0, 0.05) is 75.0 Å². The zero-order valence-corrected chi connectivity index (χ0v) is 32.0. The van der Waals surface area contributed by atoms with Crippen LogP contribution in [0.15, 0.2) is 30.5 Å². The summed E-state index contributed by atoms with van der Waals surface area (Å²) < 4.78 is 35.4. The van der Waals surface area contributed by atoms with E-state index < -0.39 is 17.3 Å². The molecule has 0 bridgehead atoms. The molecule has 2 saturated heterocycles. The maximum atomic E-state index is 15.6. The second kappa shape index (κ2) is 14.6. The highest BCUT2D eigenvalue weighted by Crippen LogP contribution is 2.40. The largest absolute Gasteiger partial charge is 0.444 e. The Labute approximate surface area is 318 Å². The molecule has 8 rings (SSSR count). The van der Waals surface area contributed by atoms with Gasteiger partial charge in [0.1, 0.15) is 28.8 Å². The number of aromatic nitrogens is 4. The molecule has 2 fully saturated rings. The summed E-state index contributed by atoms with van der Waals surface area (Å²) in [4.78, 5) is 45.3. The monoisotopic (exact) mass is 760 g/mol. The number of nitrogens with zero attached hydrogens (tertiary/aromatic N) is 8. The van der Waals surface area contributed by atoms with Crippen molar-refractivity contribution in [2.45, 2.75) is 77.7 Å². The number of rotatable bonds is 5. The number of benzene rings is 2. The number of carbonyl (C=O) groups excluding carboxylic acids is 2. The zero-order chi connectivity index (χ0) is 37.7. The molecular weight excluding hydrogens is 715 g/mol. The molecule has 4 aliphatic heterocycles. The van der Waals surface area contributed by atoms with Crippen LogP contribution in [0.1, 0.15) is 79.7 Å². The Morgan fingerprint density at radius 1 is 0.981 bits per heavy atom. The Hall–Kier alpha value is -4.53. The van der Waals surface area contributed by atoms with Crippen molar-refractivity contribution in [2.24, 2.45) is 0 Å². The van der Waals surface area contributed by atoms with Crippen LogP contribution in [-0.4, -0.2) is 100 Å². The van der Waals surface area contributed by atoms with Crippen LogP contribution in [0.4, 0.5) is 20.8 Å². The molecule has 2 aromatic carbocycles. The van der Waals surface area contributed by atoms with Crippen molar-refractivity contribution < 1.29 is 28.2 Å². The number of ether oxygens (including phenoxy) is 3. The van der Waals surface area contributed by atoms with E-state index in [9.17, 15) is 9.59 Å². The summed E-state index contributed by atoms with van der Waals surface area (Å²) in [7, 11) is 2.09. The normalized spacial score (nSPS) is 19.4. The highest BCUT2D eigenvalue weighted by molar-refractivity contribution is 6.36. The van der Waals surface area contributed by atoms with E-state index in [-0.39, 0.29) is 28.9 Å². The van der Waals surface area contributed by atoms with Gasteiger partial charge in [-0.15, -0.1) is 0 Å².